The van der Waals surface area contributed by atoms with Crippen LogP contribution in [0.15, 0.2) is 70.2 Å². The number of anilines is 1. The van der Waals surface area contributed by atoms with Crippen LogP contribution in [0.3, 0.4) is 0 Å². The van der Waals surface area contributed by atoms with Crippen LogP contribution in [0.1, 0.15) is 11.1 Å². The molecule has 0 bridgehead atoms. The molecule has 3 aromatic carbocycles. The molecule has 3 rings (SSSR count). The lowest BCUT2D eigenvalue weighted by Gasteiger charge is -2.13. The fourth-order valence-corrected chi connectivity index (χ4v) is 4.09. The van der Waals surface area contributed by atoms with E-state index in [9.17, 15) is 14.4 Å². The first-order valence-electron chi connectivity index (χ1n) is 10.7. The summed E-state index contributed by atoms with van der Waals surface area (Å²) in [6.45, 7) is -0.103. The SMILES string of the molecule is COc1cc(/C=N\NC(=O)C(=O)NCc2ccccc2)cc(Br)c1OCC(=O)Nc1cc(Cl)cc(Cl)c1. The van der Waals surface area contributed by atoms with Crippen LogP contribution >= 0.6 is 39.1 Å². The second-order valence-corrected chi connectivity index (χ2v) is 9.12. The zero-order valence-electron chi connectivity index (χ0n) is 19.4. The Morgan fingerprint density at radius 1 is 1.00 bits per heavy atom. The summed E-state index contributed by atoms with van der Waals surface area (Å²) >= 11 is 15.3. The summed E-state index contributed by atoms with van der Waals surface area (Å²) in [4.78, 5) is 36.2. The third-order valence-electron chi connectivity index (χ3n) is 4.63. The molecule has 37 heavy (non-hydrogen) atoms. The number of halogens is 3. The summed E-state index contributed by atoms with van der Waals surface area (Å²) in [6, 6.07) is 17.1. The summed E-state index contributed by atoms with van der Waals surface area (Å²) < 4.78 is 11.5. The van der Waals surface area contributed by atoms with Crippen LogP contribution in [0.4, 0.5) is 5.69 Å². The molecule has 0 spiro atoms. The van der Waals surface area contributed by atoms with Crippen LogP contribution in [-0.4, -0.2) is 37.7 Å². The number of nitrogens with zero attached hydrogens (tertiary/aromatic N) is 1. The number of carbonyl (C=O) groups excluding carboxylic acids is 3. The highest BCUT2D eigenvalue weighted by molar-refractivity contribution is 9.10. The molecule has 9 nitrogen and oxygen atoms in total. The number of hydrogen-bond donors (Lipinski definition) is 3. The van der Waals surface area contributed by atoms with Gasteiger partial charge in [0.05, 0.1) is 17.8 Å². The molecule has 0 fully saturated rings. The zero-order chi connectivity index (χ0) is 26.8. The number of amides is 3. The molecule has 3 N–H and O–H groups in total. The fraction of sp³-hybridized carbons (Fsp3) is 0.120. The lowest BCUT2D eigenvalue weighted by molar-refractivity contribution is -0.139. The number of hydrazone groups is 1. The van der Waals surface area contributed by atoms with Crippen LogP contribution in [0.5, 0.6) is 11.5 Å². The number of rotatable bonds is 9. The first-order chi connectivity index (χ1) is 17.7. The fourth-order valence-electron chi connectivity index (χ4n) is 2.99. The highest BCUT2D eigenvalue weighted by Crippen LogP contribution is 2.36. The Labute approximate surface area is 231 Å². The Hall–Kier alpha value is -3.60. The van der Waals surface area contributed by atoms with E-state index < -0.39 is 17.7 Å². The van der Waals surface area contributed by atoms with Gasteiger partial charge in [-0.25, -0.2) is 5.43 Å². The number of hydrogen-bond acceptors (Lipinski definition) is 6. The predicted molar refractivity (Wildman–Crippen MR) is 145 cm³/mol. The lowest BCUT2D eigenvalue weighted by atomic mass is 10.2. The van der Waals surface area contributed by atoms with Crippen molar-refractivity contribution in [1.82, 2.24) is 10.7 Å². The quantitative estimate of drug-likeness (QED) is 0.187. The Morgan fingerprint density at radius 3 is 2.38 bits per heavy atom. The number of carbonyl (C=O) groups is 3. The first-order valence-corrected chi connectivity index (χ1v) is 12.2. The van der Waals surface area contributed by atoms with Gasteiger partial charge in [0.25, 0.3) is 5.91 Å². The van der Waals surface area contributed by atoms with Crippen LogP contribution in [0.25, 0.3) is 0 Å². The highest BCUT2D eigenvalue weighted by atomic mass is 79.9. The van der Waals surface area contributed by atoms with E-state index in [0.717, 1.165) is 5.56 Å². The maximum Gasteiger partial charge on any atom is 0.329 e. The van der Waals surface area contributed by atoms with Crippen molar-refractivity contribution in [1.29, 1.82) is 0 Å². The van der Waals surface area contributed by atoms with Gasteiger partial charge >= 0.3 is 11.8 Å². The third-order valence-corrected chi connectivity index (χ3v) is 5.65. The summed E-state index contributed by atoms with van der Waals surface area (Å²) in [5, 5.41) is 9.73. The van der Waals surface area contributed by atoms with Gasteiger partial charge in [-0.1, -0.05) is 53.5 Å². The van der Waals surface area contributed by atoms with Gasteiger partial charge in [0, 0.05) is 22.3 Å². The Kier molecular flexibility index (Phi) is 10.3. The minimum atomic E-state index is -0.912. The Morgan fingerprint density at radius 2 is 1.70 bits per heavy atom. The molecule has 0 aromatic heterocycles. The standard InChI is InChI=1S/C25H21BrCl2N4O5/c1-36-21-8-16(13-30-32-25(35)24(34)29-12-15-5-3-2-4-6-15)7-20(26)23(21)37-14-22(33)31-19-10-17(27)9-18(28)11-19/h2-11,13H,12,14H2,1H3,(H,29,34)(H,31,33)(H,32,35)/b30-13-. The topological polar surface area (TPSA) is 118 Å². The second-order valence-electron chi connectivity index (χ2n) is 7.40. The van der Waals surface area contributed by atoms with Gasteiger partial charge < -0.3 is 20.1 Å². The number of benzene rings is 3. The molecule has 0 aliphatic carbocycles. The van der Waals surface area contributed by atoms with Crippen molar-refractivity contribution in [2.24, 2.45) is 5.10 Å². The van der Waals surface area contributed by atoms with Crippen molar-refractivity contribution in [3.8, 4) is 11.5 Å². The maximum absolute atomic E-state index is 12.3. The average Bonchev–Trinajstić information content (AvgIpc) is 2.86. The minimum Gasteiger partial charge on any atom is -0.493 e. The van der Waals surface area contributed by atoms with E-state index in [1.807, 2.05) is 30.3 Å². The molecular weight excluding hydrogens is 587 g/mol. The molecule has 3 amide bonds. The molecule has 0 heterocycles. The van der Waals surface area contributed by atoms with E-state index in [1.165, 1.54) is 13.3 Å². The Bertz CT molecular complexity index is 1300. The smallest absolute Gasteiger partial charge is 0.329 e. The van der Waals surface area contributed by atoms with Gasteiger partial charge in [0.15, 0.2) is 18.1 Å². The molecule has 0 unspecified atom stereocenters. The monoisotopic (exact) mass is 606 g/mol. The predicted octanol–water partition coefficient (Wildman–Crippen LogP) is 4.55. The van der Waals surface area contributed by atoms with E-state index in [-0.39, 0.29) is 18.9 Å². The zero-order valence-corrected chi connectivity index (χ0v) is 22.5. The number of methoxy groups -OCH3 is 1. The summed E-state index contributed by atoms with van der Waals surface area (Å²) in [5.41, 5.74) is 3.99. The largest absolute Gasteiger partial charge is 0.493 e. The van der Waals surface area contributed by atoms with Gasteiger partial charge in [-0.2, -0.15) is 5.10 Å². The van der Waals surface area contributed by atoms with Gasteiger partial charge in [0.1, 0.15) is 0 Å². The minimum absolute atomic E-state index is 0.216. The lowest BCUT2D eigenvalue weighted by Crippen LogP contribution is -2.37. The van der Waals surface area contributed by atoms with Crippen LogP contribution < -0.4 is 25.5 Å². The molecular formula is C25H21BrCl2N4O5. The number of ether oxygens (including phenoxy) is 2. The highest BCUT2D eigenvalue weighted by Gasteiger charge is 2.15. The Balaban J connectivity index is 1.55. The number of nitrogens with one attached hydrogen (secondary N) is 3. The van der Waals surface area contributed by atoms with E-state index in [1.54, 1.807) is 30.3 Å². The van der Waals surface area contributed by atoms with Crippen molar-refractivity contribution >= 4 is 68.8 Å². The molecule has 12 heteroatoms. The van der Waals surface area contributed by atoms with Crippen molar-refractivity contribution < 1.29 is 23.9 Å². The molecule has 192 valence electrons. The van der Waals surface area contributed by atoms with Crippen molar-refractivity contribution in [2.45, 2.75) is 6.54 Å². The van der Waals surface area contributed by atoms with Crippen molar-refractivity contribution in [3.63, 3.8) is 0 Å². The molecule has 3 aromatic rings. The van der Waals surface area contributed by atoms with Gasteiger partial charge in [-0.15, -0.1) is 0 Å². The summed E-state index contributed by atoms with van der Waals surface area (Å²) in [6.07, 6.45) is 1.33. The van der Waals surface area contributed by atoms with Crippen molar-refractivity contribution in [3.05, 3.63) is 86.3 Å². The van der Waals surface area contributed by atoms with Crippen LogP contribution in [0.2, 0.25) is 10.0 Å². The van der Waals surface area contributed by atoms with Gasteiger partial charge in [-0.05, 0) is 57.4 Å². The normalized spacial score (nSPS) is 10.6. The molecule has 0 radical (unpaired) electrons. The molecule has 0 saturated heterocycles. The molecule has 0 aliphatic heterocycles. The van der Waals surface area contributed by atoms with Crippen LogP contribution in [-0.2, 0) is 20.9 Å². The van der Waals surface area contributed by atoms with E-state index in [4.69, 9.17) is 32.7 Å². The maximum atomic E-state index is 12.3. The summed E-state index contributed by atoms with van der Waals surface area (Å²) in [7, 11) is 1.43. The first kappa shape index (κ1) is 28.0. The molecule has 0 atom stereocenters. The van der Waals surface area contributed by atoms with E-state index in [2.05, 4.69) is 37.1 Å². The van der Waals surface area contributed by atoms with E-state index in [0.29, 0.717) is 31.5 Å². The third kappa shape index (κ3) is 8.78. The van der Waals surface area contributed by atoms with E-state index >= 15 is 0 Å². The van der Waals surface area contributed by atoms with Gasteiger partial charge in [-0.3, -0.25) is 14.4 Å². The summed E-state index contributed by atoms with van der Waals surface area (Å²) in [5.74, 6) is -1.58. The van der Waals surface area contributed by atoms with Gasteiger partial charge in [0.2, 0.25) is 0 Å². The van der Waals surface area contributed by atoms with Crippen molar-refractivity contribution in [2.75, 3.05) is 19.0 Å². The average molecular weight is 608 g/mol. The molecule has 0 saturated carbocycles. The van der Waals surface area contributed by atoms with Crippen LogP contribution in [0, 0.1) is 0 Å². The second kappa shape index (κ2) is 13.6. The molecule has 0 aliphatic rings.